The number of halogens is 1. The van der Waals surface area contributed by atoms with Crippen molar-refractivity contribution < 1.29 is 10.6 Å². The van der Waals surface area contributed by atoms with Crippen molar-refractivity contribution in [1.82, 2.24) is 15.1 Å². The summed E-state index contributed by atoms with van der Waals surface area (Å²) in [6.45, 7) is 12.3. The molecular weight excluding hydrogens is 379 g/mol. The molecule has 1 aliphatic heterocycles. The Morgan fingerprint density at radius 3 is 2.23 bits per heavy atom. The predicted octanol–water partition coefficient (Wildman–Crippen LogP) is 3.99. The number of carbonyl (C=O) groups excluding carboxylic acids is 1. The summed E-state index contributed by atoms with van der Waals surface area (Å²) in [7, 11) is 0. The van der Waals surface area contributed by atoms with Crippen LogP contribution in [0.1, 0.15) is 52.8 Å². The van der Waals surface area contributed by atoms with E-state index in [4.69, 9.17) is 0 Å². The summed E-state index contributed by atoms with van der Waals surface area (Å²) < 4.78 is 13.0. The molecule has 1 amide bonds. The van der Waals surface area contributed by atoms with Crippen molar-refractivity contribution in [3.05, 3.63) is 25.2 Å². The first-order valence-electron chi connectivity index (χ1n) is 11.8. The number of hydrogen-bond acceptors (Lipinski definition) is 3. The molecule has 30 heavy (non-hydrogen) atoms. The molecule has 1 saturated heterocycles. The predicted molar refractivity (Wildman–Crippen MR) is 121 cm³/mol. The third-order valence-electron chi connectivity index (χ3n) is 7.82. The van der Waals surface area contributed by atoms with Gasteiger partial charge in [0.1, 0.15) is 5.84 Å². The van der Waals surface area contributed by atoms with Crippen molar-refractivity contribution >= 4 is 11.7 Å². The van der Waals surface area contributed by atoms with Crippen LogP contribution in [0.5, 0.6) is 0 Å². The Hall–Kier alpha value is -1.69. The van der Waals surface area contributed by atoms with Gasteiger partial charge in [-0.15, -0.1) is 0 Å². The fourth-order valence-electron chi connectivity index (χ4n) is 6.81. The van der Waals surface area contributed by atoms with Crippen molar-refractivity contribution in [2.45, 2.75) is 51.4 Å². The zero-order valence-corrected chi connectivity index (χ0v) is 18.3. The van der Waals surface area contributed by atoms with Crippen LogP contribution < -0.4 is 5.32 Å². The molecule has 5 aliphatic rings. The molecule has 4 saturated carbocycles. The van der Waals surface area contributed by atoms with E-state index in [0.29, 0.717) is 11.7 Å². The second kappa shape index (κ2) is 9.21. The lowest BCUT2D eigenvalue weighted by Gasteiger charge is -2.55. The van der Waals surface area contributed by atoms with E-state index in [1.807, 2.05) is 0 Å². The van der Waals surface area contributed by atoms with Gasteiger partial charge in [0.15, 0.2) is 0 Å². The van der Waals surface area contributed by atoms with E-state index in [1.165, 1.54) is 19.3 Å². The summed E-state index contributed by atoms with van der Waals surface area (Å²) in [5.74, 6) is 2.68. The normalized spacial score (nSPS) is 33.6. The highest BCUT2D eigenvalue weighted by Crippen LogP contribution is 2.60. The monoisotopic (exact) mass is 418 g/mol. The number of amides is 1. The highest BCUT2D eigenvalue weighted by atomic mass is 19.1. The smallest absolute Gasteiger partial charge is 0.226 e. The van der Waals surface area contributed by atoms with E-state index in [-0.39, 0.29) is 6.84 Å². The van der Waals surface area contributed by atoms with Crippen molar-refractivity contribution in [1.29, 1.82) is 0 Å². The fraction of sp³-hybridized carbons (Fsp3) is 0.750. The van der Waals surface area contributed by atoms with E-state index < -0.39 is 5.95 Å². The van der Waals surface area contributed by atoms with E-state index in [0.717, 1.165) is 89.1 Å². The van der Waals surface area contributed by atoms with Crippen LogP contribution in [0.3, 0.4) is 0 Å². The van der Waals surface area contributed by atoms with Crippen molar-refractivity contribution in [2.24, 2.45) is 28.2 Å². The van der Waals surface area contributed by atoms with Crippen molar-refractivity contribution in [3.8, 4) is 0 Å². The van der Waals surface area contributed by atoms with Gasteiger partial charge < -0.3 is 10.2 Å². The van der Waals surface area contributed by atoms with E-state index in [2.05, 4.69) is 33.3 Å². The van der Waals surface area contributed by atoms with Gasteiger partial charge in [-0.05, 0) is 88.3 Å². The van der Waals surface area contributed by atoms with Gasteiger partial charge in [0, 0.05) is 39.6 Å². The topological polar surface area (TPSA) is 47.9 Å². The molecular formula is C24H39FN4O. The van der Waals surface area contributed by atoms with Gasteiger partial charge in [0.25, 0.3) is 0 Å². The Morgan fingerprint density at radius 2 is 1.70 bits per heavy atom. The number of piperazine rings is 1. The zero-order valence-electron chi connectivity index (χ0n) is 18.3. The SMILES string of the molecule is C=C/C(=N\C(=C)F)N1CCN(CCCCNC(=O)C23CC4CC(CC(C4)C2)C3)CC1.[HH]. The van der Waals surface area contributed by atoms with Crippen LogP contribution in [0.15, 0.2) is 30.2 Å². The molecule has 4 bridgehead atoms. The molecule has 5 nitrogen and oxygen atoms in total. The molecule has 5 fully saturated rings. The maximum Gasteiger partial charge on any atom is 0.226 e. The van der Waals surface area contributed by atoms with Crippen molar-refractivity contribution in [3.63, 3.8) is 0 Å². The number of unbranched alkanes of at least 4 members (excludes halogenated alkanes) is 1. The van der Waals surface area contributed by atoms with Crippen molar-refractivity contribution in [2.75, 3.05) is 39.3 Å². The molecule has 5 rings (SSSR count). The van der Waals surface area contributed by atoms with Gasteiger partial charge >= 0.3 is 0 Å². The quantitative estimate of drug-likeness (QED) is 0.281. The second-order valence-electron chi connectivity index (χ2n) is 10.0. The first-order valence-corrected chi connectivity index (χ1v) is 11.8. The third kappa shape index (κ3) is 4.79. The first-order chi connectivity index (χ1) is 14.5. The Labute approximate surface area is 182 Å². The molecule has 0 spiro atoms. The molecule has 0 aromatic carbocycles. The molecule has 6 heteroatoms. The van der Waals surface area contributed by atoms with Gasteiger partial charge in [0.05, 0.1) is 0 Å². The van der Waals surface area contributed by atoms with Crippen LogP contribution in [0.2, 0.25) is 0 Å². The molecule has 0 aromatic heterocycles. The first kappa shape index (κ1) is 21.5. The molecule has 1 N–H and O–H groups in total. The molecule has 168 valence electrons. The summed E-state index contributed by atoms with van der Waals surface area (Å²) in [6.07, 6.45) is 11.3. The lowest BCUT2D eigenvalue weighted by Crippen LogP contribution is -2.53. The molecule has 4 aliphatic carbocycles. The van der Waals surface area contributed by atoms with Gasteiger partial charge in [-0.2, -0.15) is 4.39 Å². The highest BCUT2D eigenvalue weighted by molar-refractivity contribution is 5.93. The van der Waals surface area contributed by atoms with E-state index in [1.54, 1.807) is 6.08 Å². The minimum Gasteiger partial charge on any atom is -0.356 e. The standard InChI is InChI=1S/C24H37FN4O.H2/c1-3-22(27-18(2)25)29-10-8-28(9-11-29)7-5-4-6-26-23(30)24-15-19-12-20(16-24)14-21(13-19)17-24;/h3,19-21H,1-2,4-17H2,(H,26,30);1H/b27-22+;. The van der Waals surface area contributed by atoms with Crippen LogP contribution in [-0.4, -0.2) is 60.8 Å². The van der Waals surface area contributed by atoms with Gasteiger partial charge in [0.2, 0.25) is 11.9 Å². The number of nitrogens with one attached hydrogen (secondary N) is 1. The largest absolute Gasteiger partial charge is 0.356 e. The van der Waals surface area contributed by atoms with E-state index in [9.17, 15) is 9.18 Å². The fourth-order valence-corrected chi connectivity index (χ4v) is 6.81. The Bertz CT molecular complexity index is 666. The van der Waals surface area contributed by atoms with E-state index >= 15 is 0 Å². The molecule has 1 heterocycles. The van der Waals surface area contributed by atoms with Gasteiger partial charge in [-0.25, -0.2) is 4.99 Å². The number of amidine groups is 1. The lowest BCUT2D eigenvalue weighted by atomic mass is 9.49. The lowest BCUT2D eigenvalue weighted by molar-refractivity contribution is -0.146. The number of carbonyl (C=O) groups is 1. The maximum atomic E-state index is 13.0. The minimum atomic E-state index is -0.678. The van der Waals surface area contributed by atoms with Gasteiger partial charge in [-0.3, -0.25) is 9.69 Å². The van der Waals surface area contributed by atoms with Crippen LogP contribution in [0.4, 0.5) is 4.39 Å². The second-order valence-corrected chi connectivity index (χ2v) is 10.0. The van der Waals surface area contributed by atoms with Crippen LogP contribution in [-0.2, 0) is 4.79 Å². The molecule has 0 radical (unpaired) electrons. The van der Waals surface area contributed by atoms with Crippen LogP contribution in [0, 0.1) is 23.2 Å². The number of hydrogen-bond donors (Lipinski definition) is 1. The van der Waals surface area contributed by atoms with Crippen LogP contribution in [0.25, 0.3) is 0 Å². The third-order valence-corrected chi connectivity index (χ3v) is 7.82. The summed E-state index contributed by atoms with van der Waals surface area (Å²) in [5.41, 5.74) is -0.0274. The summed E-state index contributed by atoms with van der Waals surface area (Å²) in [6, 6.07) is 0. The molecule has 0 atom stereocenters. The average molecular weight is 419 g/mol. The molecule has 0 unspecified atom stereocenters. The Balaban J connectivity index is 0.00000272. The number of nitrogens with zero attached hydrogens (tertiary/aromatic N) is 3. The molecule has 0 aromatic rings. The number of rotatable bonds is 8. The highest BCUT2D eigenvalue weighted by Gasteiger charge is 2.54. The summed E-state index contributed by atoms with van der Waals surface area (Å²) in [4.78, 5) is 21.3. The Kier molecular flexibility index (Phi) is 6.61. The minimum absolute atomic E-state index is 0. The summed E-state index contributed by atoms with van der Waals surface area (Å²) in [5, 5.41) is 3.29. The zero-order chi connectivity index (χ0) is 21.1. The number of aliphatic imine (C=N–C) groups is 1. The average Bonchev–Trinajstić information content (AvgIpc) is 2.71. The summed E-state index contributed by atoms with van der Waals surface area (Å²) >= 11 is 0. The van der Waals surface area contributed by atoms with Crippen LogP contribution >= 0.6 is 0 Å². The van der Waals surface area contributed by atoms with Gasteiger partial charge in [-0.1, -0.05) is 6.58 Å². The maximum absolute atomic E-state index is 13.0. The Morgan fingerprint density at radius 1 is 1.10 bits per heavy atom.